The van der Waals surface area contributed by atoms with E-state index in [9.17, 15) is 14.0 Å². The number of aryl methyl sites for hydroxylation is 1. The second-order valence-corrected chi connectivity index (χ2v) is 8.39. The number of benzene rings is 1. The molecule has 8 heteroatoms. The highest BCUT2D eigenvalue weighted by molar-refractivity contribution is 7.15. The Balaban J connectivity index is 2.14. The second kappa shape index (κ2) is 7.35. The lowest BCUT2D eigenvalue weighted by Gasteiger charge is -2.22. The SMILES string of the molecule is Cc1csc2nc([C@H](C)NC(=O)OC(C)(C)C)c(-c3cccc(F)c3)c(=O)n12. The molecule has 0 bridgehead atoms. The third kappa shape index (κ3) is 4.06. The van der Waals surface area contributed by atoms with Gasteiger partial charge in [0.05, 0.1) is 17.3 Å². The third-order valence-electron chi connectivity index (χ3n) is 4.02. The molecule has 1 amide bonds. The standard InChI is InChI=1S/C20H22FN3O3S/c1-11-10-28-18-23-16(12(2)22-19(26)27-20(3,4)5)15(17(25)24(11)18)13-7-6-8-14(21)9-13/h6-10,12H,1-5H3,(H,22,26)/t12-/m0/s1. The van der Waals surface area contributed by atoms with Crippen molar-refractivity contribution in [3.8, 4) is 11.1 Å². The Labute approximate surface area is 166 Å². The van der Waals surface area contributed by atoms with Crippen LogP contribution < -0.4 is 10.9 Å². The van der Waals surface area contributed by atoms with E-state index in [2.05, 4.69) is 10.3 Å². The maximum Gasteiger partial charge on any atom is 0.408 e. The van der Waals surface area contributed by atoms with Gasteiger partial charge in [-0.25, -0.2) is 14.2 Å². The number of rotatable bonds is 3. The van der Waals surface area contributed by atoms with Crippen LogP contribution in [0, 0.1) is 12.7 Å². The first-order valence-electron chi connectivity index (χ1n) is 8.83. The van der Waals surface area contributed by atoms with Crippen LogP contribution in [-0.4, -0.2) is 21.1 Å². The Morgan fingerprint density at radius 3 is 2.71 bits per heavy atom. The normalized spacial score (nSPS) is 12.8. The van der Waals surface area contributed by atoms with E-state index in [0.29, 0.717) is 16.2 Å². The smallest absolute Gasteiger partial charge is 0.408 e. The summed E-state index contributed by atoms with van der Waals surface area (Å²) in [4.78, 5) is 30.5. The molecule has 2 aromatic heterocycles. The fourth-order valence-corrected chi connectivity index (χ4v) is 3.74. The van der Waals surface area contributed by atoms with E-state index >= 15 is 0 Å². The van der Waals surface area contributed by atoms with Gasteiger partial charge < -0.3 is 10.1 Å². The molecule has 0 spiro atoms. The molecule has 28 heavy (non-hydrogen) atoms. The number of carbonyl (C=O) groups is 1. The summed E-state index contributed by atoms with van der Waals surface area (Å²) in [5.74, 6) is -0.456. The molecule has 3 rings (SSSR count). The summed E-state index contributed by atoms with van der Waals surface area (Å²) in [6, 6.07) is 5.17. The molecule has 1 N–H and O–H groups in total. The van der Waals surface area contributed by atoms with Gasteiger partial charge in [0.15, 0.2) is 4.96 Å². The Hall–Kier alpha value is -2.74. The fraction of sp³-hybridized carbons (Fsp3) is 0.350. The van der Waals surface area contributed by atoms with Crippen molar-refractivity contribution in [2.45, 2.75) is 46.3 Å². The summed E-state index contributed by atoms with van der Waals surface area (Å²) in [5, 5.41) is 4.54. The molecule has 0 aliphatic carbocycles. The zero-order valence-electron chi connectivity index (χ0n) is 16.4. The van der Waals surface area contributed by atoms with Gasteiger partial charge >= 0.3 is 6.09 Å². The molecule has 6 nitrogen and oxygen atoms in total. The molecule has 0 fully saturated rings. The fourth-order valence-electron chi connectivity index (χ4n) is 2.88. The Morgan fingerprint density at radius 1 is 1.36 bits per heavy atom. The monoisotopic (exact) mass is 403 g/mol. The molecule has 0 saturated carbocycles. The van der Waals surface area contributed by atoms with Gasteiger partial charge in [0, 0.05) is 11.1 Å². The van der Waals surface area contributed by atoms with Crippen molar-refractivity contribution >= 4 is 22.4 Å². The first kappa shape index (κ1) is 20.0. The highest BCUT2D eigenvalue weighted by atomic mass is 32.1. The van der Waals surface area contributed by atoms with Gasteiger partial charge in [0.25, 0.3) is 5.56 Å². The molecular formula is C20H22FN3O3S. The van der Waals surface area contributed by atoms with Crippen LogP contribution in [0.3, 0.4) is 0 Å². The Kier molecular flexibility index (Phi) is 5.25. The lowest BCUT2D eigenvalue weighted by Crippen LogP contribution is -2.35. The number of thiazole rings is 1. The van der Waals surface area contributed by atoms with E-state index in [0.717, 1.165) is 5.69 Å². The maximum atomic E-state index is 13.8. The molecule has 0 radical (unpaired) electrons. The maximum absolute atomic E-state index is 13.8. The molecule has 0 aliphatic rings. The zero-order chi connectivity index (χ0) is 20.6. The molecule has 0 aliphatic heterocycles. The molecule has 2 heterocycles. The van der Waals surface area contributed by atoms with E-state index < -0.39 is 23.6 Å². The number of hydrogen-bond donors (Lipinski definition) is 1. The summed E-state index contributed by atoms with van der Waals surface area (Å²) >= 11 is 1.33. The summed E-state index contributed by atoms with van der Waals surface area (Å²) in [7, 11) is 0. The van der Waals surface area contributed by atoms with Gasteiger partial charge in [0.1, 0.15) is 11.4 Å². The van der Waals surface area contributed by atoms with Gasteiger partial charge in [-0.15, -0.1) is 11.3 Å². The number of nitrogens with one attached hydrogen (secondary N) is 1. The van der Waals surface area contributed by atoms with Crippen LogP contribution in [0.2, 0.25) is 0 Å². The van der Waals surface area contributed by atoms with Crippen molar-refractivity contribution in [2.24, 2.45) is 0 Å². The van der Waals surface area contributed by atoms with E-state index in [4.69, 9.17) is 4.74 Å². The number of aromatic nitrogens is 2. The highest BCUT2D eigenvalue weighted by Gasteiger charge is 2.24. The van der Waals surface area contributed by atoms with Crippen molar-refractivity contribution in [2.75, 3.05) is 0 Å². The van der Waals surface area contributed by atoms with Crippen LogP contribution in [0.1, 0.15) is 45.1 Å². The van der Waals surface area contributed by atoms with Crippen molar-refractivity contribution in [1.82, 2.24) is 14.7 Å². The van der Waals surface area contributed by atoms with E-state index in [1.807, 2.05) is 12.3 Å². The number of alkyl carbamates (subject to hydrolysis) is 1. The minimum Gasteiger partial charge on any atom is -0.444 e. The van der Waals surface area contributed by atoms with Gasteiger partial charge in [-0.2, -0.15) is 0 Å². The van der Waals surface area contributed by atoms with Crippen molar-refractivity contribution in [1.29, 1.82) is 0 Å². The average Bonchev–Trinajstić information content (AvgIpc) is 2.94. The third-order valence-corrected chi connectivity index (χ3v) is 4.97. The predicted octanol–water partition coefficient (Wildman–Crippen LogP) is 4.46. The number of hydrogen-bond acceptors (Lipinski definition) is 5. The lowest BCUT2D eigenvalue weighted by atomic mass is 10.0. The largest absolute Gasteiger partial charge is 0.444 e. The van der Waals surface area contributed by atoms with E-state index in [-0.39, 0.29) is 11.1 Å². The highest BCUT2D eigenvalue weighted by Crippen LogP contribution is 2.27. The predicted molar refractivity (Wildman–Crippen MR) is 107 cm³/mol. The molecular weight excluding hydrogens is 381 g/mol. The lowest BCUT2D eigenvalue weighted by molar-refractivity contribution is 0.0507. The number of ether oxygens (including phenoxy) is 1. The van der Waals surface area contributed by atoms with Crippen LogP contribution >= 0.6 is 11.3 Å². The summed E-state index contributed by atoms with van der Waals surface area (Å²) < 4.78 is 20.6. The van der Waals surface area contributed by atoms with Gasteiger partial charge in [-0.1, -0.05) is 12.1 Å². The van der Waals surface area contributed by atoms with Crippen LogP contribution in [0.4, 0.5) is 9.18 Å². The topological polar surface area (TPSA) is 72.7 Å². The minimum absolute atomic E-state index is 0.252. The first-order chi connectivity index (χ1) is 13.1. The summed E-state index contributed by atoms with van der Waals surface area (Å²) in [5.41, 5.74) is 0.809. The van der Waals surface area contributed by atoms with Crippen molar-refractivity contribution in [3.05, 3.63) is 57.2 Å². The van der Waals surface area contributed by atoms with Gasteiger partial charge in [-0.3, -0.25) is 9.20 Å². The summed E-state index contributed by atoms with van der Waals surface area (Å²) in [6.07, 6.45) is -0.616. The van der Waals surface area contributed by atoms with Crippen LogP contribution in [0.15, 0.2) is 34.4 Å². The van der Waals surface area contributed by atoms with Gasteiger partial charge in [-0.05, 0) is 52.3 Å². The molecule has 0 saturated heterocycles. The van der Waals surface area contributed by atoms with Gasteiger partial charge in [0.2, 0.25) is 0 Å². The van der Waals surface area contributed by atoms with E-state index in [1.54, 1.807) is 33.8 Å². The van der Waals surface area contributed by atoms with Crippen LogP contribution in [0.25, 0.3) is 16.1 Å². The molecule has 0 unspecified atom stereocenters. The van der Waals surface area contributed by atoms with Crippen LogP contribution in [-0.2, 0) is 4.74 Å². The minimum atomic E-state index is -0.656. The quantitative estimate of drug-likeness (QED) is 0.701. The molecule has 1 aromatic carbocycles. The number of halogens is 1. The molecule has 1 atom stereocenters. The number of amides is 1. The first-order valence-corrected chi connectivity index (χ1v) is 9.71. The Bertz CT molecular complexity index is 1100. The second-order valence-electron chi connectivity index (χ2n) is 7.55. The Morgan fingerprint density at radius 2 is 2.07 bits per heavy atom. The molecule has 3 aromatic rings. The average molecular weight is 403 g/mol. The number of nitrogens with zero attached hydrogens (tertiary/aromatic N) is 2. The number of carbonyl (C=O) groups excluding carboxylic acids is 1. The molecule has 148 valence electrons. The number of fused-ring (bicyclic) bond motifs is 1. The van der Waals surface area contributed by atoms with E-state index in [1.165, 1.54) is 33.9 Å². The van der Waals surface area contributed by atoms with Crippen LogP contribution in [0.5, 0.6) is 0 Å². The van der Waals surface area contributed by atoms with Crippen molar-refractivity contribution in [3.63, 3.8) is 0 Å². The zero-order valence-corrected chi connectivity index (χ0v) is 17.2. The van der Waals surface area contributed by atoms with Crippen molar-refractivity contribution < 1.29 is 13.9 Å². The summed E-state index contributed by atoms with van der Waals surface area (Å²) in [6.45, 7) is 8.82.